The van der Waals surface area contributed by atoms with Gasteiger partial charge in [0.15, 0.2) is 5.65 Å². The second-order valence-corrected chi connectivity index (χ2v) is 5.12. The first kappa shape index (κ1) is 9.52. The van der Waals surface area contributed by atoms with Crippen LogP contribution in [0.2, 0.25) is 0 Å². The standard InChI is InChI=1S/C10H13N3S/c1-10(2,14-3)8-4-5-13-9(6-8)11-7-12-13/h4-7H,1-3H3. The molecule has 0 aromatic carbocycles. The Labute approximate surface area is 87.5 Å². The lowest BCUT2D eigenvalue weighted by Crippen LogP contribution is -2.11. The van der Waals surface area contributed by atoms with Crippen LogP contribution in [0.25, 0.3) is 5.65 Å². The van der Waals surface area contributed by atoms with E-state index >= 15 is 0 Å². The molecule has 0 aliphatic heterocycles. The number of rotatable bonds is 2. The van der Waals surface area contributed by atoms with Crippen LogP contribution in [0.15, 0.2) is 24.7 Å². The molecule has 0 aliphatic rings. The normalized spacial score (nSPS) is 12.2. The summed E-state index contributed by atoms with van der Waals surface area (Å²) in [6, 6.07) is 4.18. The lowest BCUT2D eigenvalue weighted by Gasteiger charge is -2.22. The van der Waals surface area contributed by atoms with E-state index in [1.165, 1.54) is 5.56 Å². The van der Waals surface area contributed by atoms with Gasteiger partial charge in [-0.15, -0.1) is 0 Å². The molecule has 2 rings (SSSR count). The van der Waals surface area contributed by atoms with Gasteiger partial charge in [0, 0.05) is 10.9 Å². The number of nitrogens with zero attached hydrogens (tertiary/aromatic N) is 3. The second kappa shape index (κ2) is 3.28. The minimum atomic E-state index is 0.133. The maximum Gasteiger partial charge on any atom is 0.155 e. The monoisotopic (exact) mass is 207 g/mol. The van der Waals surface area contributed by atoms with Crippen molar-refractivity contribution in [2.75, 3.05) is 6.26 Å². The molecule has 3 nitrogen and oxygen atoms in total. The van der Waals surface area contributed by atoms with Crippen molar-refractivity contribution in [3.63, 3.8) is 0 Å². The first-order chi connectivity index (χ1) is 6.63. The number of thioether (sulfide) groups is 1. The molecule has 0 radical (unpaired) electrons. The zero-order valence-corrected chi connectivity index (χ0v) is 9.38. The summed E-state index contributed by atoms with van der Waals surface area (Å²) >= 11 is 1.83. The highest BCUT2D eigenvalue weighted by molar-refractivity contribution is 7.99. The predicted molar refractivity (Wildman–Crippen MR) is 59.5 cm³/mol. The Morgan fingerprint density at radius 1 is 1.43 bits per heavy atom. The molecule has 14 heavy (non-hydrogen) atoms. The fourth-order valence-corrected chi connectivity index (χ4v) is 1.67. The Hall–Kier alpha value is -1.03. The van der Waals surface area contributed by atoms with E-state index in [1.54, 1.807) is 10.8 Å². The number of aromatic nitrogens is 3. The van der Waals surface area contributed by atoms with E-state index in [9.17, 15) is 0 Å². The predicted octanol–water partition coefficient (Wildman–Crippen LogP) is 2.33. The Balaban J connectivity index is 2.53. The number of hydrogen-bond donors (Lipinski definition) is 0. The zero-order valence-electron chi connectivity index (χ0n) is 8.56. The van der Waals surface area contributed by atoms with Crippen LogP contribution in [0.3, 0.4) is 0 Å². The van der Waals surface area contributed by atoms with Crippen LogP contribution in [0.4, 0.5) is 0 Å². The van der Waals surface area contributed by atoms with E-state index in [-0.39, 0.29) is 4.75 Å². The topological polar surface area (TPSA) is 30.2 Å². The smallest absolute Gasteiger partial charge is 0.155 e. The van der Waals surface area contributed by atoms with E-state index in [1.807, 2.05) is 18.0 Å². The van der Waals surface area contributed by atoms with Crippen molar-refractivity contribution in [2.45, 2.75) is 18.6 Å². The zero-order chi connectivity index (χ0) is 10.2. The summed E-state index contributed by atoms with van der Waals surface area (Å²) in [6.45, 7) is 4.42. The van der Waals surface area contributed by atoms with Crippen molar-refractivity contribution >= 4 is 17.4 Å². The molecule has 0 bridgehead atoms. The van der Waals surface area contributed by atoms with Gasteiger partial charge in [0.2, 0.25) is 0 Å². The highest BCUT2D eigenvalue weighted by Crippen LogP contribution is 2.33. The van der Waals surface area contributed by atoms with E-state index < -0.39 is 0 Å². The number of fused-ring (bicyclic) bond motifs is 1. The van der Waals surface area contributed by atoms with Gasteiger partial charge in [-0.05, 0) is 37.8 Å². The number of hydrogen-bond acceptors (Lipinski definition) is 3. The van der Waals surface area contributed by atoms with E-state index in [4.69, 9.17) is 0 Å². The van der Waals surface area contributed by atoms with Gasteiger partial charge < -0.3 is 0 Å². The highest BCUT2D eigenvalue weighted by Gasteiger charge is 2.19. The van der Waals surface area contributed by atoms with Crippen LogP contribution in [-0.4, -0.2) is 20.9 Å². The molecule has 0 N–H and O–H groups in total. The minimum Gasteiger partial charge on any atom is -0.221 e. The lowest BCUT2D eigenvalue weighted by molar-refractivity contribution is 0.780. The van der Waals surface area contributed by atoms with Gasteiger partial charge in [0.25, 0.3) is 0 Å². The average Bonchev–Trinajstić information content (AvgIpc) is 2.64. The van der Waals surface area contributed by atoms with Crippen LogP contribution in [0.1, 0.15) is 19.4 Å². The molecule has 0 aliphatic carbocycles. The Morgan fingerprint density at radius 3 is 2.93 bits per heavy atom. The van der Waals surface area contributed by atoms with Crippen molar-refractivity contribution < 1.29 is 0 Å². The Bertz CT molecular complexity index is 447. The molecule has 0 saturated carbocycles. The summed E-state index contributed by atoms with van der Waals surface area (Å²) in [5.74, 6) is 0. The van der Waals surface area contributed by atoms with Gasteiger partial charge in [0.1, 0.15) is 6.33 Å². The summed E-state index contributed by atoms with van der Waals surface area (Å²) in [4.78, 5) is 4.17. The summed E-state index contributed by atoms with van der Waals surface area (Å²) in [6.07, 6.45) is 5.65. The molecule has 0 spiro atoms. The van der Waals surface area contributed by atoms with Crippen LogP contribution in [0.5, 0.6) is 0 Å². The van der Waals surface area contributed by atoms with Crippen molar-refractivity contribution in [1.82, 2.24) is 14.6 Å². The fourth-order valence-electron chi connectivity index (χ4n) is 1.31. The minimum absolute atomic E-state index is 0.133. The quantitative estimate of drug-likeness (QED) is 0.757. The maximum absolute atomic E-state index is 4.17. The summed E-state index contributed by atoms with van der Waals surface area (Å²) < 4.78 is 1.91. The second-order valence-electron chi connectivity index (χ2n) is 3.69. The van der Waals surface area contributed by atoms with E-state index in [0.717, 1.165) is 5.65 Å². The molecule has 4 heteroatoms. The first-order valence-corrected chi connectivity index (χ1v) is 5.71. The molecule has 2 heterocycles. The van der Waals surface area contributed by atoms with Gasteiger partial charge in [-0.25, -0.2) is 9.50 Å². The SMILES string of the molecule is CSC(C)(C)c1ccn2ncnc2c1. The van der Waals surface area contributed by atoms with Crippen molar-refractivity contribution in [3.05, 3.63) is 30.2 Å². The molecule has 2 aromatic heterocycles. The largest absolute Gasteiger partial charge is 0.221 e. The molecular formula is C10H13N3S. The van der Waals surface area contributed by atoms with Gasteiger partial charge in [-0.2, -0.15) is 16.9 Å². The van der Waals surface area contributed by atoms with Gasteiger partial charge in [-0.1, -0.05) is 0 Å². The molecule has 74 valence electrons. The van der Waals surface area contributed by atoms with E-state index in [2.05, 4.69) is 42.3 Å². The summed E-state index contributed by atoms with van der Waals surface area (Å²) in [7, 11) is 0. The van der Waals surface area contributed by atoms with Crippen LogP contribution >= 0.6 is 11.8 Å². The molecule has 0 amide bonds. The van der Waals surface area contributed by atoms with Crippen LogP contribution in [0, 0.1) is 0 Å². The van der Waals surface area contributed by atoms with Gasteiger partial charge in [0.05, 0.1) is 0 Å². The van der Waals surface area contributed by atoms with Crippen molar-refractivity contribution in [1.29, 1.82) is 0 Å². The highest BCUT2D eigenvalue weighted by atomic mass is 32.2. The Kier molecular flexibility index (Phi) is 2.23. The third kappa shape index (κ3) is 1.50. The molecule has 2 aromatic rings. The fraction of sp³-hybridized carbons (Fsp3) is 0.400. The van der Waals surface area contributed by atoms with Gasteiger partial charge >= 0.3 is 0 Å². The van der Waals surface area contributed by atoms with Crippen molar-refractivity contribution in [2.24, 2.45) is 0 Å². The van der Waals surface area contributed by atoms with Crippen LogP contribution in [-0.2, 0) is 4.75 Å². The Morgan fingerprint density at radius 2 is 2.21 bits per heavy atom. The molecule has 0 unspecified atom stereocenters. The molecular weight excluding hydrogens is 194 g/mol. The maximum atomic E-state index is 4.17. The molecule has 0 saturated heterocycles. The molecule has 0 fully saturated rings. The third-order valence-corrected chi connectivity index (χ3v) is 3.74. The first-order valence-electron chi connectivity index (χ1n) is 4.48. The third-order valence-electron chi connectivity index (χ3n) is 2.49. The van der Waals surface area contributed by atoms with E-state index in [0.29, 0.717) is 0 Å². The summed E-state index contributed by atoms with van der Waals surface area (Å²) in [5, 5.41) is 4.07. The lowest BCUT2D eigenvalue weighted by atomic mass is 10.0. The van der Waals surface area contributed by atoms with Gasteiger partial charge in [-0.3, -0.25) is 0 Å². The summed E-state index contributed by atoms with van der Waals surface area (Å²) in [5.41, 5.74) is 2.19. The molecule has 0 atom stereocenters. The van der Waals surface area contributed by atoms with Crippen LogP contribution < -0.4 is 0 Å². The average molecular weight is 207 g/mol. The number of pyridine rings is 1. The van der Waals surface area contributed by atoms with Crippen molar-refractivity contribution in [3.8, 4) is 0 Å².